The van der Waals surface area contributed by atoms with Crippen LogP contribution >= 0.6 is 15.9 Å². The van der Waals surface area contributed by atoms with E-state index in [0.717, 1.165) is 21.1 Å². The first-order chi connectivity index (χ1) is 6.24. The van der Waals surface area contributed by atoms with E-state index in [1.165, 1.54) is 0 Å². The molecule has 0 aliphatic rings. The van der Waals surface area contributed by atoms with Gasteiger partial charge in [-0.2, -0.15) is 0 Å². The van der Waals surface area contributed by atoms with Crippen molar-refractivity contribution in [1.82, 2.24) is 9.55 Å². The summed E-state index contributed by atoms with van der Waals surface area (Å²) in [5.74, 6) is 0. The maximum absolute atomic E-state index is 9.15. The second-order valence-electron chi connectivity index (χ2n) is 2.91. The number of halogens is 1. The van der Waals surface area contributed by atoms with E-state index < -0.39 is 0 Å². The van der Waals surface area contributed by atoms with Crippen LogP contribution in [-0.2, 0) is 13.7 Å². The Bertz CT molecular complexity index is 450. The lowest BCUT2D eigenvalue weighted by atomic mass is 10.2. The van der Waals surface area contributed by atoms with Crippen LogP contribution in [0, 0.1) is 0 Å². The fourth-order valence-corrected chi connectivity index (χ4v) is 1.83. The van der Waals surface area contributed by atoms with E-state index in [1.807, 2.05) is 23.7 Å². The molecule has 0 atom stereocenters. The van der Waals surface area contributed by atoms with Crippen molar-refractivity contribution >= 4 is 27.0 Å². The van der Waals surface area contributed by atoms with Crippen LogP contribution in [0.3, 0.4) is 0 Å². The molecule has 0 saturated heterocycles. The molecule has 1 N–H and O–H groups in total. The zero-order chi connectivity index (χ0) is 9.42. The SMILES string of the molecule is Cn1cnc2c(CO)c(Br)ccc21. The number of aromatic nitrogens is 2. The number of aliphatic hydroxyl groups is 1. The van der Waals surface area contributed by atoms with E-state index in [1.54, 1.807) is 6.33 Å². The first-order valence-corrected chi connectivity index (χ1v) is 4.72. The molecule has 0 radical (unpaired) electrons. The van der Waals surface area contributed by atoms with Gasteiger partial charge in [-0.15, -0.1) is 0 Å². The molecular weight excluding hydrogens is 232 g/mol. The number of aliphatic hydroxyl groups excluding tert-OH is 1. The Balaban J connectivity index is 2.85. The molecule has 0 amide bonds. The Hall–Kier alpha value is -0.870. The monoisotopic (exact) mass is 240 g/mol. The quantitative estimate of drug-likeness (QED) is 0.827. The normalized spacial score (nSPS) is 11.0. The summed E-state index contributed by atoms with van der Waals surface area (Å²) >= 11 is 3.38. The van der Waals surface area contributed by atoms with Crippen LogP contribution in [0.2, 0.25) is 0 Å². The Morgan fingerprint density at radius 3 is 3.00 bits per heavy atom. The number of rotatable bonds is 1. The predicted octanol–water partition coefficient (Wildman–Crippen LogP) is 1.83. The van der Waals surface area contributed by atoms with Gasteiger partial charge in [0.15, 0.2) is 0 Å². The molecule has 1 aromatic heterocycles. The number of nitrogens with zero attached hydrogens (tertiary/aromatic N) is 2. The van der Waals surface area contributed by atoms with Gasteiger partial charge in [0.1, 0.15) is 0 Å². The molecule has 13 heavy (non-hydrogen) atoms. The molecule has 0 bridgehead atoms. The Kier molecular flexibility index (Phi) is 2.09. The summed E-state index contributed by atoms with van der Waals surface area (Å²) < 4.78 is 2.84. The minimum Gasteiger partial charge on any atom is -0.392 e. The van der Waals surface area contributed by atoms with Crippen LogP contribution in [0.25, 0.3) is 11.0 Å². The van der Waals surface area contributed by atoms with Crippen LogP contribution in [0.4, 0.5) is 0 Å². The van der Waals surface area contributed by atoms with Crippen molar-refractivity contribution < 1.29 is 5.11 Å². The Morgan fingerprint density at radius 2 is 2.31 bits per heavy atom. The third-order valence-electron chi connectivity index (χ3n) is 2.10. The standard InChI is InChI=1S/C9H9BrN2O/c1-12-5-11-9-6(4-13)7(10)2-3-8(9)12/h2-3,5,13H,4H2,1H3. The number of benzene rings is 1. The third kappa shape index (κ3) is 1.26. The van der Waals surface area contributed by atoms with Gasteiger partial charge in [-0.1, -0.05) is 15.9 Å². The molecule has 0 spiro atoms. The van der Waals surface area contributed by atoms with E-state index in [-0.39, 0.29) is 6.61 Å². The van der Waals surface area contributed by atoms with E-state index in [2.05, 4.69) is 20.9 Å². The number of fused-ring (bicyclic) bond motifs is 1. The smallest absolute Gasteiger partial charge is 0.0955 e. The molecule has 0 aliphatic heterocycles. The van der Waals surface area contributed by atoms with Gasteiger partial charge in [0, 0.05) is 17.1 Å². The molecule has 1 aromatic carbocycles. The second kappa shape index (κ2) is 3.12. The summed E-state index contributed by atoms with van der Waals surface area (Å²) in [6.45, 7) is 0.00887. The van der Waals surface area contributed by atoms with Crippen LogP contribution in [0.1, 0.15) is 5.56 Å². The molecule has 1 heterocycles. The lowest BCUT2D eigenvalue weighted by Gasteiger charge is -2.01. The van der Waals surface area contributed by atoms with Crippen molar-refractivity contribution in [2.45, 2.75) is 6.61 Å². The van der Waals surface area contributed by atoms with Gasteiger partial charge in [-0.3, -0.25) is 0 Å². The highest BCUT2D eigenvalue weighted by atomic mass is 79.9. The van der Waals surface area contributed by atoms with Crippen molar-refractivity contribution in [3.63, 3.8) is 0 Å². The maximum atomic E-state index is 9.15. The predicted molar refractivity (Wildman–Crippen MR) is 54.3 cm³/mol. The Morgan fingerprint density at radius 1 is 1.54 bits per heavy atom. The van der Waals surface area contributed by atoms with Crippen LogP contribution in [0.5, 0.6) is 0 Å². The molecule has 4 heteroatoms. The minimum atomic E-state index is 0.00887. The summed E-state index contributed by atoms with van der Waals surface area (Å²) in [5, 5.41) is 9.15. The molecular formula is C9H9BrN2O. The van der Waals surface area contributed by atoms with Gasteiger partial charge in [0.05, 0.1) is 24.0 Å². The summed E-state index contributed by atoms with van der Waals surface area (Å²) in [6.07, 6.45) is 1.75. The van der Waals surface area contributed by atoms with E-state index in [9.17, 15) is 0 Å². The molecule has 2 rings (SSSR count). The number of imidazole rings is 1. The van der Waals surface area contributed by atoms with Gasteiger partial charge in [0.25, 0.3) is 0 Å². The average molecular weight is 241 g/mol. The summed E-state index contributed by atoms with van der Waals surface area (Å²) in [5.41, 5.74) is 2.74. The molecule has 0 fully saturated rings. The van der Waals surface area contributed by atoms with Gasteiger partial charge < -0.3 is 9.67 Å². The maximum Gasteiger partial charge on any atom is 0.0955 e. The van der Waals surface area contributed by atoms with Crippen LogP contribution in [-0.4, -0.2) is 14.7 Å². The van der Waals surface area contributed by atoms with Gasteiger partial charge >= 0.3 is 0 Å². The molecule has 3 nitrogen and oxygen atoms in total. The number of hydrogen-bond donors (Lipinski definition) is 1. The average Bonchev–Trinajstić information content (AvgIpc) is 2.48. The zero-order valence-corrected chi connectivity index (χ0v) is 8.74. The second-order valence-corrected chi connectivity index (χ2v) is 3.76. The van der Waals surface area contributed by atoms with E-state index in [4.69, 9.17) is 5.11 Å². The lowest BCUT2D eigenvalue weighted by molar-refractivity contribution is 0.282. The first kappa shape index (κ1) is 8.72. The summed E-state index contributed by atoms with van der Waals surface area (Å²) in [6, 6.07) is 3.90. The molecule has 2 aromatic rings. The fourth-order valence-electron chi connectivity index (χ4n) is 1.38. The van der Waals surface area contributed by atoms with E-state index >= 15 is 0 Å². The van der Waals surface area contributed by atoms with Crippen molar-refractivity contribution in [3.05, 3.63) is 28.5 Å². The van der Waals surface area contributed by atoms with Crippen molar-refractivity contribution in [2.75, 3.05) is 0 Å². The highest BCUT2D eigenvalue weighted by molar-refractivity contribution is 9.10. The van der Waals surface area contributed by atoms with Crippen molar-refractivity contribution in [1.29, 1.82) is 0 Å². The van der Waals surface area contributed by atoms with Gasteiger partial charge in [-0.05, 0) is 12.1 Å². The number of hydrogen-bond acceptors (Lipinski definition) is 2. The first-order valence-electron chi connectivity index (χ1n) is 3.93. The van der Waals surface area contributed by atoms with Crippen LogP contribution in [0.15, 0.2) is 22.9 Å². The van der Waals surface area contributed by atoms with Crippen molar-refractivity contribution in [2.24, 2.45) is 7.05 Å². The highest BCUT2D eigenvalue weighted by Gasteiger charge is 2.07. The molecule has 0 unspecified atom stereocenters. The van der Waals surface area contributed by atoms with E-state index in [0.29, 0.717) is 0 Å². The fraction of sp³-hybridized carbons (Fsp3) is 0.222. The van der Waals surface area contributed by atoms with Gasteiger partial charge in [-0.25, -0.2) is 4.98 Å². The Labute approximate surface area is 84.1 Å². The summed E-state index contributed by atoms with van der Waals surface area (Å²) in [7, 11) is 1.93. The van der Waals surface area contributed by atoms with Gasteiger partial charge in [0.2, 0.25) is 0 Å². The largest absolute Gasteiger partial charge is 0.392 e. The molecule has 68 valence electrons. The molecule has 0 saturated carbocycles. The van der Waals surface area contributed by atoms with Crippen molar-refractivity contribution in [3.8, 4) is 0 Å². The molecule has 0 aliphatic carbocycles. The topological polar surface area (TPSA) is 38.0 Å². The third-order valence-corrected chi connectivity index (χ3v) is 2.85. The summed E-state index contributed by atoms with van der Waals surface area (Å²) in [4.78, 5) is 4.22. The minimum absolute atomic E-state index is 0.00887. The number of aryl methyl sites for hydroxylation is 1. The lowest BCUT2D eigenvalue weighted by Crippen LogP contribution is -1.89. The zero-order valence-electron chi connectivity index (χ0n) is 7.16. The van der Waals surface area contributed by atoms with Crippen LogP contribution < -0.4 is 0 Å². The highest BCUT2D eigenvalue weighted by Crippen LogP contribution is 2.24.